The molecule has 0 aliphatic rings. The molecule has 3 N–H and O–H groups in total. The van der Waals surface area contributed by atoms with E-state index in [-0.39, 0.29) is 32.4 Å². The number of carboxylic acids is 1. The van der Waals surface area contributed by atoms with E-state index in [1.54, 1.807) is 36.4 Å². The van der Waals surface area contributed by atoms with Crippen LogP contribution in [0.2, 0.25) is 0 Å². The van der Waals surface area contributed by atoms with Crippen LogP contribution in [0.25, 0.3) is 21.9 Å². The van der Waals surface area contributed by atoms with E-state index in [9.17, 15) is 18.3 Å². The zero-order valence-electron chi connectivity index (χ0n) is 20.1. The third-order valence-corrected chi connectivity index (χ3v) is 8.18. The lowest BCUT2D eigenvalue weighted by atomic mass is 9.86. The van der Waals surface area contributed by atoms with Crippen molar-refractivity contribution >= 4 is 44.2 Å². The van der Waals surface area contributed by atoms with Gasteiger partial charge in [-0.15, -0.1) is 11.8 Å². The summed E-state index contributed by atoms with van der Waals surface area (Å²) in [5.41, 5.74) is 3.14. The number of fused-ring (bicyclic) bond motifs is 1. The number of aromatic hydroxyl groups is 1. The minimum Gasteiger partial charge on any atom is -0.506 e. The molecule has 0 fully saturated rings. The number of nitrogens with one attached hydrogen (secondary N) is 1. The predicted molar refractivity (Wildman–Crippen MR) is 145 cm³/mol. The van der Waals surface area contributed by atoms with Crippen molar-refractivity contribution in [2.45, 2.75) is 36.0 Å². The van der Waals surface area contributed by atoms with Crippen LogP contribution >= 0.6 is 11.8 Å². The smallest absolute Gasteiger partial charge is 0.313 e. The predicted octanol–water partition coefficient (Wildman–Crippen LogP) is 6.49. The van der Waals surface area contributed by atoms with Crippen LogP contribution < -0.4 is 4.72 Å². The summed E-state index contributed by atoms with van der Waals surface area (Å²) in [7, 11) is -3.98. The summed E-state index contributed by atoms with van der Waals surface area (Å²) >= 11 is 0.924. The molecule has 0 amide bonds. The number of hydrogen-bond donors (Lipinski definition) is 3. The second kappa shape index (κ2) is 9.87. The molecule has 0 radical (unpaired) electrons. The highest BCUT2D eigenvalue weighted by molar-refractivity contribution is 8.00. The molecule has 0 atom stereocenters. The van der Waals surface area contributed by atoms with Crippen LogP contribution in [0.5, 0.6) is 5.75 Å². The molecule has 0 aromatic heterocycles. The maximum atomic E-state index is 13.4. The zero-order chi connectivity index (χ0) is 26.1. The number of hydrogen-bond acceptors (Lipinski definition) is 5. The number of benzene rings is 4. The average molecular weight is 522 g/mol. The first kappa shape index (κ1) is 25.6. The van der Waals surface area contributed by atoms with Gasteiger partial charge in [-0.2, -0.15) is 0 Å². The van der Waals surface area contributed by atoms with Gasteiger partial charge in [-0.25, -0.2) is 8.42 Å². The Balaban J connectivity index is 1.71. The van der Waals surface area contributed by atoms with Gasteiger partial charge >= 0.3 is 5.97 Å². The van der Waals surface area contributed by atoms with Crippen molar-refractivity contribution in [1.82, 2.24) is 0 Å². The van der Waals surface area contributed by atoms with Crippen molar-refractivity contribution < 1.29 is 23.4 Å². The summed E-state index contributed by atoms with van der Waals surface area (Å²) in [5.74, 6) is -1.39. The molecule has 8 heteroatoms. The molecule has 0 saturated carbocycles. The van der Waals surface area contributed by atoms with Crippen molar-refractivity contribution in [3.63, 3.8) is 0 Å². The maximum absolute atomic E-state index is 13.4. The molecular formula is C28H27NO5S2. The fourth-order valence-electron chi connectivity index (χ4n) is 3.88. The van der Waals surface area contributed by atoms with Crippen molar-refractivity contribution in [3.05, 3.63) is 84.4 Å². The second-order valence-corrected chi connectivity index (χ2v) is 12.2. The molecule has 0 unspecified atom stereocenters. The minimum absolute atomic E-state index is 0.0160. The Labute approximate surface area is 215 Å². The Bertz CT molecular complexity index is 1540. The maximum Gasteiger partial charge on any atom is 0.313 e. The minimum atomic E-state index is -3.98. The van der Waals surface area contributed by atoms with Gasteiger partial charge in [-0.1, -0.05) is 81.4 Å². The first-order chi connectivity index (χ1) is 17.0. The van der Waals surface area contributed by atoms with Gasteiger partial charge in [0.2, 0.25) is 0 Å². The average Bonchev–Trinajstić information content (AvgIpc) is 2.84. The molecule has 6 nitrogen and oxygen atoms in total. The normalized spacial score (nSPS) is 12.0. The topological polar surface area (TPSA) is 104 Å². The van der Waals surface area contributed by atoms with Crippen LogP contribution in [0.1, 0.15) is 26.3 Å². The van der Waals surface area contributed by atoms with Crippen molar-refractivity contribution in [2.75, 3.05) is 10.5 Å². The number of carbonyl (C=O) groups is 1. The van der Waals surface area contributed by atoms with Crippen LogP contribution in [0.3, 0.4) is 0 Å². The van der Waals surface area contributed by atoms with Crippen LogP contribution in [-0.4, -0.2) is 30.4 Å². The van der Waals surface area contributed by atoms with Crippen LogP contribution in [0, 0.1) is 0 Å². The van der Waals surface area contributed by atoms with Gasteiger partial charge in [0.15, 0.2) is 0 Å². The van der Waals surface area contributed by atoms with E-state index in [1.165, 1.54) is 17.7 Å². The summed E-state index contributed by atoms with van der Waals surface area (Å²) in [4.78, 5) is 11.4. The Kier molecular flexibility index (Phi) is 7.02. The first-order valence-electron chi connectivity index (χ1n) is 11.3. The molecule has 0 saturated heterocycles. The number of phenolic OH excluding ortho intramolecular Hbond substituents is 1. The summed E-state index contributed by atoms with van der Waals surface area (Å²) in [6.45, 7) is 6.42. The van der Waals surface area contributed by atoms with Gasteiger partial charge < -0.3 is 10.2 Å². The molecule has 36 heavy (non-hydrogen) atoms. The quantitative estimate of drug-likeness (QED) is 0.190. The highest BCUT2D eigenvalue weighted by atomic mass is 32.2. The monoisotopic (exact) mass is 521 g/mol. The zero-order valence-corrected chi connectivity index (χ0v) is 21.8. The van der Waals surface area contributed by atoms with E-state index >= 15 is 0 Å². The lowest BCUT2D eigenvalue weighted by molar-refractivity contribution is -0.133. The molecule has 4 rings (SSSR count). The number of phenols is 1. The van der Waals surface area contributed by atoms with Gasteiger partial charge in [0.1, 0.15) is 5.75 Å². The van der Waals surface area contributed by atoms with Crippen LogP contribution in [0.15, 0.2) is 88.7 Å². The largest absolute Gasteiger partial charge is 0.506 e. The Morgan fingerprint density at radius 2 is 1.56 bits per heavy atom. The van der Waals surface area contributed by atoms with E-state index in [0.717, 1.165) is 22.9 Å². The Hall–Kier alpha value is -3.49. The molecular weight excluding hydrogens is 494 g/mol. The van der Waals surface area contributed by atoms with E-state index in [0.29, 0.717) is 10.8 Å². The summed E-state index contributed by atoms with van der Waals surface area (Å²) in [6.07, 6.45) is 0. The Morgan fingerprint density at radius 1 is 0.889 bits per heavy atom. The molecule has 4 aromatic carbocycles. The Morgan fingerprint density at radius 3 is 2.19 bits per heavy atom. The second-order valence-electron chi connectivity index (χ2n) is 9.46. The highest BCUT2D eigenvalue weighted by Crippen LogP contribution is 2.40. The van der Waals surface area contributed by atoms with Gasteiger partial charge in [0.05, 0.1) is 21.2 Å². The van der Waals surface area contributed by atoms with E-state index in [2.05, 4.69) is 25.5 Å². The van der Waals surface area contributed by atoms with Gasteiger partial charge in [0.25, 0.3) is 10.0 Å². The third kappa shape index (κ3) is 5.50. The SMILES string of the molecule is CC(C)(C)c1ccc(-c2cccc(S(=O)(=O)Nc3cc(SCC(=O)O)c(O)c4ccccc34)c2)cc1. The van der Waals surface area contributed by atoms with E-state index in [4.69, 9.17) is 5.11 Å². The van der Waals surface area contributed by atoms with Crippen molar-refractivity contribution in [3.8, 4) is 16.9 Å². The number of aliphatic carboxylic acids is 1. The molecule has 0 aliphatic carbocycles. The van der Waals surface area contributed by atoms with E-state index < -0.39 is 16.0 Å². The number of carboxylic acid groups (broad SMARTS) is 1. The van der Waals surface area contributed by atoms with Crippen LogP contribution in [0.4, 0.5) is 5.69 Å². The molecule has 0 spiro atoms. The lowest BCUT2D eigenvalue weighted by Crippen LogP contribution is -2.13. The molecule has 4 aromatic rings. The standard InChI is InChI=1S/C28H27NO5S2/c1-28(2,3)20-13-11-18(12-14-20)19-7-6-8-21(15-19)36(33,34)29-24-16-25(35-17-26(30)31)27(32)23-10-5-4-9-22(23)24/h4-16,29,32H,17H2,1-3H3,(H,30,31). The van der Waals surface area contributed by atoms with E-state index in [1.807, 2.05) is 30.3 Å². The number of sulfonamides is 1. The fraction of sp³-hybridized carbons (Fsp3) is 0.179. The summed E-state index contributed by atoms with van der Waals surface area (Å²) in [5, 5.41) is 20.6. The first-order valence-corrected chi connectivity index (χ1v) is 13.8. The summed E-state index contributed by atoms with van der Waals surface area (Å²) < 4.78 is 29.4. The third-order valence-electron chi connectivity index (χ3n) is 5.81. The van der Waals surface area contributed by atoms with Crippen molar-refractivity contribution in [2.24, 2.45) is 0 Å². The van der Waals surface area contributed by atoms with Gasteiger partial charge in [0, 0.05) is 10.8 Å². The molecule has 0 heterocycles. The molecule has 0 aliphatic heterocycles. The number of rotatable bonds is 7. The highest BCUT2D eigenvalue weighted by Gasteiger charge is 2.20. The molecule has 186 valence electrons. The lowest BCUT2D eigenvalue weighted by Gasteiger charge is -2.19. The molecule has 0 bridgehead atoms. The van der Waals surface area contributed by atoms with Gasteiger partial charge in [-0.05, 0) is 40.3 Å². The summed E-state index contributed by atoms with van der Waals surface area (Å²) in [6, 6.07) is 23.1. The fourth-order valence-corrected chi connectivity index (χ4v) is 5.72. The number of anilines is 1. The van der Waals surface area contributed by atoms with Gasteiger partial charge in [-0.3, -0.25) is 9.52 Å². The van der Waals surface area contributed by atoms with Crippen LogP contribution in [-0.2, 0) is 20.2 Å². The number of thioether (sulfide) groups is 1. The van der Waals surface area contributed by atoms with Crippen molar-refractivity contribution in [1.29, 1.82) is 0 Å².